The quantitative estimate of drug-likeness (QED) is 0.497. The van der Waals surface area contributed by atoms with Crippen molar-refractivity contribution >= 4 is 6.03 Å². The lowest BCUT2D eigenvalue weighted by Crippen LogP contribution is -2.48. The van der Waals surface area contributed by atoms with E-state index in [1.54, 1.807) is 0 Å². The van der Waals surface area contributed by atoms with Crippen molar-refractivity contribution in [1.82, 2.24) is 5.32 Å². The fourth-order valence-electron chi connectivity index (χ4n) is 1.14. The second kappa shape index (κ2) is 2.56. The number of nitrogens with one attached hydrogen (secondary N) is 1. The molecule has 2 amide bonds. The summed E-state index contributed by atoms with van der Waals surface area (Å²) in [6.45, 7) is 2.12. The topological polar surface area (TPSA) is 49.3 Å². The summed E-state index contributed by atoms with van der Waals surface area (Å²) in [4.78, 5) is 11.0. The maximum absolute atomic E-state index is 11.0. The molecule has 0 saturated carbocycles. The number of aliphatic hydroxyl groups is 1. The van der Waals surface area contributed by atoms with Gasteiger partial charge in [0.2, 0.25) is 0 Å². The van der Waals surface area contributed by atoms with Crippen molar-refractivity contribution in [2.45, 2.75) is 0 Å². The van der Waals surface area contributed by atoms with Gasteiger partial charge in [-0.2, -0.15) is 0 Å². The van der Waals surface area contributed by atoms with Gasteiger partial charge in [0.05, 0.1) is 20.2 Å². The molecule has 1 unspecified atom stereocenters. The highest BCUT2D eigenvalue weighted by Gasteiger charge is 2.36. The first-order chi connectivity index (χ1) is 4.69. The van der Waals surface area contributed by atoms with E-state index in [4.69, 9.17) is 5.11 Å². The first-order valence-electron chi connectivity index (χ1n) is 3.43. The second-order valence-corrected chi connectivity index (χ2v) is 2.80. The van der Waals surface area contributed by atoms with Crippen LogP contribution in [0, 0.1) is 0 Å². The Balaban J connectivity index is 2.57. The molecular formula is C6H13N2O2+. The monoisotopic (exact) mass is 145 g/mol. The molecule has 1 fully saturated rings. The molecule has 10 heavy (non-hydrogen) atoms. The number of hydrogen-bond donors (Lipinski definition) is 2. The molecule has 0 aliphatic carbocycles. The lowest BCUT2D eigenvalue weighted by atomic mass is 10.4. The van der Waals surface area contributed by atoms with Crippen molar-refractivity contribution in [3.8, 4) is 0 Å². The molecule has 0 bridgehead atoms. The zero-order valence-corrected chi connectivity index (χ0v) is 6.13. The molecule has 58 valence electrons. The average Bonchev–Trinajstić information content (AvgIpc) is 2.15. The van der Waals surface area contributed by atoms with Crippen molar-refractivity contribution in [2.24, 2.45) is 0 Å². The van der Waals surface area contributed by atoms with E-state index in [1.165, 1.54) is 0 Å². The minimum absolute atomic E-state index is 0.0223. The number of amides is 2. The maximum Gasteiger partial charge on any atom is 0.416 e. The third-order valence-corrected chi connectivity index (χ3v) is 1.97. The number of quaternary nitrogens is 1. The molecule has 0 radical (unpaired) electrons. The van der Waals surface area contributed by atoms with Crippen molar-refractivity contribution in [2.75, 3.05) is 33.3 Å². The Morgan fingerprint density at radius 3 is 2.90 bits per heavy atom. The molecule has 1 heterocycles. The summed E-state index contributed by atoms with van der Waals surface area (Å²) >= 11 is 0. The highest BCUT2D eigenvalue weighted by Crippen LogP contribution is 2.06. The molecule has 1 atom stereocenters. The summed E-state index contributed by atoms with van der Waals surface area (Å²) in [6.07, 6.45) is 0. The predicted octanol–water partition coefficient (Wildman–Crippen LogP) is -0.851. The molecule has 2 N–H and O–H groups in total. The van der Waals surface area contributed by atoms with E-state index in [0.29, 0.717) is 11.0 Å². The van der Waals surface area contributed by atoms with E-state index in [0.717, 1.165) is 13.1 Å². The molecule has 1 aliphatic rings. The fourth-order valence-corrected chi connectivity index (χ4v) is 1.14. The SMILES string of the molecule is C[N+]1(CCO)CCNC1=O. The molecule has 1 saturated heterocycles. The number of nitrogens with zero attached hydrogens (tertiary/aromatic N) is 1. The van der Waals surface area contributed by atoms with Crippen LogP contribution in [0.25, 0.3) is 0 Å². The number of rotatable bonds is 2. The van der Waals surface area contributed by atoms with Gasteiger partial charge in [-0.1, -0.05) is 0 Å². The van der Waals surface area contributed by atoms with E-state index in [-0.39, 0.29) is 12.6 Å². The van der Waals surface area contributed by atoms with Crippen LogP contribution >= 0.6 is 0 Å². The van der Waals surface area contributed by atoms with Gasteiger partial charge in [-0.05, 0) is 0 Å². The number of hydrogen-bond acceptors (Lipinski definition) is 2. The predicted molar refractivity (Wildman–Crippen MR) is 36.4 cm³/mol. The summed E-state index contributed by atoms with van der Waals surface area (Å²) in [7, 11) is 1.83. The minimum Gasteiger partial charge on any atom is -0.390 e. The zero-order chi connectivity index (χ0) is 7.61. The summed E-state index contributed by atoms with van der Waals surface area (Å²) in [5.41, 5.74) is 0. The maximum atomic E-state index is 11.0. The lowest BCUT2D eigenvalue weighted by Gasteiger charge is -2.22. The van der Waals surface area contributed by atoms with E-state index in [9.17, 15) is 4.79 Å². The lowest BCUT2D eigenvalue weighted by molar-refractivity contribution is -0.820. The summed E-state index contributed by atoms with van der Waals surface area (Å²) in [5.74, 6) is 0. The molecule has 1 aliphatic heterocycles. The number of aliphatic hydroxyl groups excluding tert-OH is 1. The Kier molecular flexibility index (Phi) is 1.92. The Bertz CT molecular complexity index is 149. The molecular weight excluding hydrogens is 132 g/mol. The van der Waals surface area contributed by atoms with Crippen molar-refractivity contribution in [1.29, 1.82) is 0 Å². The van der Waals surface area contributed by atoms with Crippen LogP contribution in [-0.4, -0.2) is 48.9 Å². The number of carbonyl (C=O) groups is 1. The zero-order valence-electron chi connectivity index (χ0n) is 6.13. The van der Waals surface area contributed by atoms with E-state index in [2.05, 4.69) is 5.32 Å². The standard InChI is InChI=1S/C6H12N2O2/c1-8(4-5-9)3-2-7-6(8)10/h9H,2-5H2,1H3/p+1. The Hall–Kier alpha value is -0.610. The van der Waals surface area contributed by atoms with E-state index >= 15 is 0 Å². The molecule has 0 aromatic rings. The number of urea groups is 1. The van der Waals surface area contributed by atoms with Crippen LogP contribution in [0.5, 0.6) is 0 Å². The van der Waals surface area contributed by atoms with Crippen LogP contribution in [0.2, 0.25) is 0 Å². The molecule has 0 aromatic carbocycles. The first kappa shape index (κ1) is 7.50. The van der Waals surface area contributed by atoms with Gasteiger partial charge >= 0.3 is 6.03 Å². The normalized spacial score (nSPS) is 32.4. The van der Waals surface area contributed by atoms with Gasteiger partial charge in [-0.25, -0.2) is 9.28 Å². The van der Waals surface area contributed by atoms with Crippen LogP contribution in [0.4, 0.5) is 4.79 Å². The minimum atomic E-state index is 0.0223. The Morgan fingerprint density at radius 1 is 1.80 bits per heavy atom. The third kappa shape index (κ3) is 1.12. The van der Waals surface area contributed by atoms with Crippen molar-refractivity contribution in [3.05, 3.63) is 0 Å². The highest BCUT2D eigenvalue weighted by molar-refractivity contribution is 5.68. The van der Waals surface area contributed by atoms with Crippen molar-refractivity contribution in [3.63, 3.8) is 0 Å². The van der Waals surface area contributed by atoms with Gasteiger partial charge in [0, 0.05) is 0 Å². The van der Waals surface area contributed by atoms with Crippen LogP contribution in [-0.2, 0) is 0 Å². The van der Waals surface area contributed by atoms with Crippen molar-refractivity contribution < 1.29 is 14.4 Å². The number of carbonyl (C=O) groups excluding carboxylic acids is 1. The van der Waals surface area contributed by atoms with Crippen LogP contribution in [0.15, 0.2) is 0 Å². The first-order valence-corrected chi connectivity index (χ1v) is 3.43. The van der Waals surface area contributed by atoms with Crippen LogP contribution < -0.4 is 5.32 Å². The average molecular weight is 145 g/mol. The molecule has 1 rings (SSSR count). The van der Waals surface area contributed by atoms with Gasteiger partial charge in [-0.3, -0.25) is 5.32 Å². The summed E-state index contributed by atoms with van der Waals surface area (Å²) < 4.78 is 0.330. The summed E-state index contributed by atoms with van der Waals surface area (Å²) in [6, 6.07) is 0.0223. The molecule has 0 aromatic heterocycles. The number of likely N-dealkylation sites (N-methyl/N-ethyl adjacent to an activating group) is 1. The largest absolute Gasteiger partial charge is 0.416 e. The third-order valence-electron chi connectivity index (χ3n) is 1.97. The molecule has 4 nitrogen and oxygen atoms in total. The van der Waals surface area contributed by atoms with Gasteiger partial charge in [0.1, 0.15) is 13.1 Å². The Morgan fingerprint density at radius 2 is 2.50 bits per heavy atom. The second-order valence-electron chi connectivity index (χ2n) is 2.80. The molecule has 4 heteroatoms. The Labute approximate surface area is 60.0 Å². The van der Waals surface area contributed by atoms with Gasteiger partial charge in [0.25, 0.3) is 0 Å². The molecule has 0 spiro atoms. The van der Waals surface area contributed by atoms with E-state index in [1.807, 2.05) is 7.05 Å². The van der Waals surface area contributed by atoms with Gasteiger partial charge in [0.15, 0.2) is 0 Å². The van der Waals surface area contributed by atoms with Crippen LogP contribution in [0.3, 0.4) is 0 Å². The smallest absolute Gasteiger partial charge is 0.390 e. The van der Waals surface area contributed by atoms with E-state index < -0.39 is 0 Å². The van der Waals surface area contributed by atoms with Crippen LogP contribution in [0.1, 0.15) is 0 Å². The van der Waals surface area contributed by atoms with Gasteiger partial charge in [-0.15, -0.1) is 0 Å². The fraction of sp³-hybridized carbons (Fsp3) is 0.833. The highest BCUT2D eigenvalue weighted by atomic mass is 16.3. The van der Waals surface area contributed by atoms with Gasteiger partial charge < -0.3 is 5.11 Å². The summed E-state index contributed by atoms with van der Waals surface area (Å²) in [5, 5.41) is 11.3.